The van der Waals surface area contributed by atoms with E-state index in [0.29, 0.717) is 17.6 Å². The molecule has 322 valence electrons. The lowest BCUT2D eigenvalue weighted by Crippen LogP contribution is -2.07. The summed E-state index contributed by atoms with van der Waals surface area (Å²) in [4.78, 5) is 16.1. The molecule has 0 saturated carbocycles. The van der Waals surface area contributed by atoms with Crippen LogP contribution in [0.1, 0.15) is 0 Å². The minimum Gasteiger partial charge on any atom is -0.307 e. The summed E-state index contributed by atoms with van der Waals surface area (Å²) in [7, 11) is 0. The lowest BCUT2D eigenvalue weighted by atomic mass is 10.0. The first-order chi connectivity index (χ1) is 34.2. The van der Waals surface area contributed by atoms with Gasteiger partial charge in [0.15, 0.2) is 11.6 Å². The molecule has 0 radical (unpaired) electrons. The second kappa shape index (κ2) is 15.6. The maximum Gasteiger partial charge on any atom is 0.238 e. The summed E-state index contributed by atoms with van der Waals surface area (Å²) in [6.07, 6.45) is 0. The fourth-order valence-corrected chi connectivity index (χ4v) is 10.6. The maximum atomic E-state index is 5.45. The first kappa shape index (κ1) is 38.8. The van der Waals surface area contributed by atoms with Crippen molar-refractivity contribution < 1.29 is 0 Å². The Kier molecular flexibility index (Phi) is 8.79. The summed E-state index contributed by atoms with van der Waals surface area (Å²) in [5, 5.41) is 6.86. The third-order valence-corrected chi connectivity index (χ3v) is 13.7. The molecule has 0 amide bonds. The van der Waals surface area contributed by atoms with Gasteiger partial charge in [-0.2, -0.15) is 9.97 Å². The minimum absolute atomic E-state index is 0.547. The molecular formula is C63H40N6. The standard InChI is InChI=1S/C63H40N6/c1-4-19-41(20-5-1)43-35-37-45(38-36-43)62-64-61(44-23-8-3-9-24-44)65-63(66-62)69-55-33-16-12-29-50(55)52-40-57(68-53-31-14-10-27-48(53)49-28-11-15-32-54(49)68)60-58(59(52)69)51-30-13-17-34-56(51)67(60)47-26-18-25-46(39-47)42-21-6-2-7-22-42/h1-40H. The minimum atomic E-state index is 0.547. The highest BCUT2D eigenvalue weighted by atomic mass is 15.2. The zero-order valence-corrected chi connectivity index (χ0v) is 37.3. The second-order valence-corrected chi connectivity index (χ2v) is 17.6. The average molecular weight is 881 g/mol. The molecule has 0 fully saturated rings. The van der Waals surface area contributed by atoms with Crippen LogP contribution in [0.25, 0.3) is 128 Å². The van der Waals surface area contributed by atoms with Crippen LogP contribution >= 0.6 is 0 Å². The van der Waals surface area contributed by atoms with Gasteiger partial charge in [0.25, 0.3) is 0 Å². The largest absolute Gasteiger partial charge is 0.307 e. The molecule has 0 bridgehead atoms. The van der Waals surface area contributed by atoms with E-state index in [1.165, 1.54) is 16.3 Å². The van der Waals surface area contributed by atoms with Gasteiger partial charge in [0.1, 0.15) is 0 Å². The third kappa shape index (κ3) is 6.16. The van der Waals surface area contributed by atoms with Crippen molar-refractivity contribution in [2.24, 2.45) is 0 Å². The predicted octanol–water partition coefficient (Wildman–Crippen LogP) is 15.8. The molecule has 0 atom stereocenters. The van der Waals surface area contributed by atoms with Crippen LogP contribution in [-0.4, -0.2) is 28.7 Å². The van der Waals surface area contributed by atoms with E-state index < -0.39 is 0 Å². The van der Waals surface area contributed by atoms with E-state index in [9.17, 15) is 0 Å². The number of hydrogen-bond donors (Lipinski definition) is 0. The SMILES string of the molecule is c1ccc(-c2ccc(-c3nc(-c4ccccc4)nc(-n4c5ccccc5c5cc(-n6c7ccccc7c7ccccc76)c6c(c7ccccc7n6-c6cccc(-c7ccccc7)c6)c54)n3)cc2)cc1. The van der Waals surface area contributed by atoms with Crippen molar-refractivity contribution in [3.63, 3.8) is 0 Å². The lowest BCUT2D eigenvalue weighted by Gasteiger charge is -2.17. The smallest absolute Gasteiger partial charge is 0.238 e. The first-order valence-corrected chi connectivity index (χ1v) is 23.4. The summed E-state index contributed by atoms with van der Waals surface area (Å²) in [6, 6.07) is 86.3. The third-order valence-electron chi connectivity index (χ3n) is 13.7. The van der Waals surface area contributed by atoms with E-state index in [1.807, 2.05) is 24.3 Å². The monoisotopic (exact) mass is 880 g/mol. The van der Waals surface area contributed by atoms with Gasteiger partial charge in [-0.1, -0.05) is 200 Å². The van der Waals surface area contributed by atoms with Crippen LogP contribution in [0.15, 0.2) is 243 Å². The van der Waals surface area contributed by atoms with Crippen molar-refractivity contribution in [3.8, 4) is 62.4 Å². The van der Waals surface area contributed by atoms with Gasteiger partial charge in [0.05, 0.1) is 38.8 Å². The van der Waals surface area contributed by atoms with E-state index in [1.54, 1.807) is 0 Å². The number of rotatable bonds is 7. The second-order valence-electron chi connectivity index (χ2n) is 17.6. The van der Waals surface area contributed by atoms with Crippen LogP contribution in [0.5, 0.6) is 0 Å². The molecule has 14 aromatic rings. The fourth-order valence-electron chi connectivity index (χ4n) is 10.6. The molecule has 0 aliphatic carbocycles. The van der Waals surface area contributed by atoms with E-state index in [0.717, 1.165) is 93.8 Å². The summed E-state index contributed by atoms with van der Waals surface area (Å²) in [5.41, 5.74) is 15.1. The van der Waals surface area contributed by atoms with Crippen molar-refractivity contribution in [2.45, 2.75) is 0 Å². The van der Waals surface area contributed by atoms with Gasteiger partial charge in [0, 0.05) is 49.1 Å². The molecule has 6 nitrogen and oxygen atoms in total. The molecule has 0 N–H and O–H groups in total. The first-order valence-electron chi connectivity index (χ1n) is 23.4. The van der Waals surface area contributed by atoms with Crippen LogP contribution in [0.2, 0.25) is 0 Å². The molecule has 14 rings (SSSR count). The van der Waals surface area contributed by atoms with Crippen molar-refractivity contribution in [3.05, 3.63) is 243 Å². The lowest BCUT2D eigenvalue weighted by molar-refractivity contribution is 0.955. The summed E-state index contributed by atoms with van der Waals surface area (Å²) in [6.45, 7) is 0. The average Bonchev–Trinajstić information content (AvgIpc) is 4.07. The number of para-hydroxylation sites is 4. The molecule has 0 unspecified atom stereocenters. The normalized spacial score (nSPS) is 11.8. The molecule has 10 aromatic carbocycles. The van der Waals surface area contributed by atoms with Crippen molar-refractivity contribution in [1.82, 2.24) is 28.7 Å². The van der Waals surface area contributed by atoms with Gasteiger partial charge in [-0.15, -0.1) is 0 Å². The van der Waals surface area contributed by atoms with E-state index in [-0.39, 0.29) is 0 Å². The van der Waals surface area contributed by atoms with E-state index in [4.69, 9.17) is 15.0 Å². The van der Waals surface area contributed by atoms with Crippen molar-refractivity contribution in [1.29, 1.82) is 0 Å². The van der Waals surface area contributed by atoms with Gasteiger partial charge in [-0.25, -0.2) is 4.98 Å². The van der Waals surface area contributed by atoms with E-state index >= 15 is 0 Å². The number of hydrogen-bond acceptors (Lipinski definition) is 3. The van der Waals surface area contributed by atoms with Crippen molar-refractivity contribution in [2.75, 3.05) is 0 Å². The van der Waals surface area contributed by atoms with Crippen LogP contribution < -0.4 is 0 Å². The zero-order chi connectivity index (χ0) is 45.4. The molecule has 69 heavy (non-hydrogen) atoms. The summed E-state index contributed by atoms with van der Waals surface area (Å²) in [5.74, 6) is 1.75. The Morgan fingerprint density at radius 1 is 0.261 bits per heavy atom. The Labute approximate surface area is 397 Å². The highest BCUT2D eigenvalue weighted by Crippen LogP contribution is 2.46. The Bertz CT molecular complexity index is 4230. The van der Waals surface area contributed by atoms with E-state index in [2.05, 4.69) is 232 Å². The number of fused-ring (bicyclic) bond motifs is 10. The van der Waals surface area contributed by atoms with Gasteiger partial charge in [-0.05, 0) is 64.7 Å². The van der Waals surface area contributed by atoms with Gasteiger partial charge in [-0.3, -0.25) is 4.57 Å². The molecule has 0 aliphatic heterocycles. The number of benzene rings is 10. The topological polar surface area (TPSA) is 53.5 Å². The molecule has 0 aliphatic rings. The highest BCUT2D eigenvalue weighted by molar-refractivity contribution is 6.28. The molecule has 4 heterocycles. The Balaban J connectivity index is 1.14. The van der Waals surface area contributed by atoms with Gasteiger partial charge in [0.2, 0.25) is 5.95 Å². The zero-order valence-electron chi connectivity index (χ0n) is 37.3. The molecule has 0 saturated heterocycles. The molecule has 0 spiro atoms. The highest BCUT2D eigenvalue weighted by Gasteiger charge is 2.27. The van der Waals surface area contributed by atoms with Crippen LogP contribution in [-0.2, 0) is 0 Å². The predicted molar refractivity (Wildman–Crippen MR) is 285 cm³/mol. The molecule has 6 heteroatoms. The summed E-state index contributed by atoms with van der Waals surface area (Å²) >= 11 is 0. The number of aromatic nitrogens is 6. The van der Waals surface area contributed by atoms with Gasteiger partial charge < -0.3 is 9.13 Å². The fraction of sp³-hybridized carbons (Fsp3) is 0. The van der Waals surface area contributed by atoms with Crippen LogP contribution in [0, 0.1) is 0 Å². The van der Waals surface area contributed by atoms with Crippen LogP contribution in [0.3, 0.4) is 0 Å². The van der Waals surface area contributed by atoms with Gasteiger partial charge >= 0.3 is 0 Å². The molecule has 4 aromatic heterocycles. The Morgan fingerprint density at radius 2 is 0.681 bits per heavy atom. The van der Waals surface area contributed by atoms with Crippen LogP contribution in [0.4, 0.5) is 0 Å². The Morgan fingerprint density at radius 3 is 1.28 bits per heavy atom. The Hall–Kier alpha value is -9.39. The number of nitrogens with zero attached hydrogens (tertiary/aromatic N) is 6. The quantitative estimate of drug-likeness (QED) is 0.160. The maximum absolute atomic E-state index is 5.45. The van der Waals surface area contributed by atoms with Crippen molar-refractivity contribution >= 4 is 65.4 Å². The molecular weight excluding hydrogens is 841 g/mol. The summed E-state index contributed by atoms with van der Waals surface area (Å²) < 4.78 is 7.23.